The molecule has 148 valence electrons. The van der Waals surface area contributed by atoms with Crippen molar-refractivity contribution in [3.63, 3.8) is 0 Å². The minimum atomic E-state index is 0.397. The molecule has 0 spiro atoms. The molecule has 1 rings (SSSR count). The highest BCUT2D eigenvalue weighted by molar-refractivity contribution is 5.78. The summed E-state index contributed by atoms with van der Waals surface area (Å²) in [4.78, 5) is 15.5. The molecule has 0 aliphatic carbocycles. The Morgan fingerprint density at radius 2 is 1.31 bits per heavy atom. The van der Waals surface area contributed by atoms with Crippen molar-refractivity contribution < 1.29 is 14.3 Å². The molecule has 0 unspecified atom stereocenters. The van der Waals surface area contributed by atoms with Gasteiger partial charge < -0.3 is 9.47 Å². The molecule has 0 saturated carbocycles. The van der Waals surface area contributed by atoms with Crippen LogP contribution in [0.5, 0.6) is 11.8 Å². The van der Waals surface area contributed by atoms with Crippen LogP contribution < -0.4 is 9.47 Å². The maximum Gasteiger partial charge on any atom is 0.227 e. The molecule has 0 saturated heterocycles. The first-order valence-electron chi connectivity index (χ1n) is 10.5. The largest absolute Gasteiger partial charge is 0.478 e. The van der Waals surface area contributed by atoms with Gasteiger partial charge in [-0.15, -0.1) is 0 Å². The zero-order valence-corrected chi connectivity index (χ0v) is 16.8. The zero-order chi connectivity index (χ0) is 18.9. The van der Waals surface area contributed by atoms with Gasteiger partial charge in [0.05, 0.1) is 18.8 Å². The van der Waals surface area contributed by atoms with E-state index in [1.807, 2.05) is 0 Å². The third-order valence-electron chi connectivity index (χ3n) is 4.48. The van der Waals surface area contributed by atoms with Gasteiger partial charge in [0.2, 0.25) is 11.8 Å². The zero-order valence-electron chi connectivity index (χ0n) is 16.8. The lowest BCUT2D eigenvalue weighted by molar-refractivity contribution is 0.111. The number of carbonyl (C=O) groups excluding carboxylic acids is 1. The third-order valence-corrected chi connectivity index (χ3v) is 4.48. The van der Waals surface area contributed by atoms with Crippen LogP contribution in [0.4, 0.5) is 0 Å². The lowest BCUT2D eigenvalue weighted by Crippen LogP contribution is -2.05. The second-order valence-corrected chi connectivity index (χ2v) is 6.89. The van der Waals surface area contributed by atoms with Crippen molar-refractivity contribution in [1.29, 1.82) is 0 Å². The smallest absolute Gasteiger partial charge is 0.227 e. The van der Waals surface area contributed by atoms with E-state index in [4.69, 9.17) is 9.47 Å². The van der Waals surface area contributed by atoms with Crippen molar-refractivity contribution in [2.75, 3.05) is 13.2 Å². The summed E-state index contributed by atoms with van der Waals surface area (Å²) in [5.74, 6) is 0.941. The summed E-state index contributed by atoms with van der Waals surface area (Å²) in [6, 6.07) is 3.48. The number of nitrogens with zero attached hydrogens (tertiary/aromatic N) is 1. The van der Waals surface area contributed by atoms with E-state index >= 15 is 0 Å². The first kappa shape index (κ1) is 22.5. The molecular formula is C22H37NO3. The highest BCUT2D eigenvalue weighted by atomic mass is 16.5. The molecule has 0 bridgehead atoms. The molecule has 4 heteroatoms. The SMILES string of the molecule is CCCCCCCCOc1ccc(C=O)c(OCCCCCCCC)n1. The number of hydrogen-bond acceptors (Lipinski definition) is 4. The van der Waals surface area contributed by atoms with Crippen LogP contribution in [-0.4, -0.2) is 24.5 Å². The van der Waals surface area contributed by atoms with Crippen LogP contribution in [0, 0.1) is 0 Å². The van der Waals surface area contributed by atoms with Crippen molar-refractivity contribution in [3.8, 4) is 11.8 Å². The lowest BCUT2D eigenvalue weighted by Gasteiger charge is -2.10. The quantitative estimate of drug-likeness (QED) is 0.238. The maximum absolute atomic E-state index is 11.2. The van der Waals surface area contributed by atoms with Gasteiger partial charge in [0.15, 0.2) is 6.29 Å². The van der Waals surface area contributed by atoms with E-state index < -0.39 is 0 Å². The van der Waals surface area contributed by atoms with Crippen LogP contribution in [0.15, 0.2) is 12.1 Å². The Labute approximate surface area is 159 Å². The average molecular weight is 364 g/mol. The first-order chi connectivity index (χ1) is 12.8. The van der Waals surface area contributed by atoms with Crippen molar-refractivity contribution in [2.45, 2.75) is 90.9 Å². The number of rotatable bonds is 17. The fourth-order valence-electron chi connectivity index (χ4n) is 2.83. The van der Waals surface area contributed by atoms with Crippen LogP contribution >= 0.6 is 0 Å². The fraction of sp³-hybridized carbons (Fsp3) is 0.727. The van der Waals surface area contributed by atoms with Crippen LogP contribution in [0.25, 0.3) is 0 Å². The van der Waals surface area contributed by atoms with Crippen LogP contribution in [0.3, 0.4) is 0 Å². The minimum Gasteiger partial charge on any atom is -0.478 e. The van der Waals surface area contributed by atoms with Crippen molar-refractivity contribution >= 4 is 6.29 Å². The lowest BCUT2D eigenvalue weighted by atomic mass is 10.1. The predicted molar refractivity (Wildman–Crippen MR) is 107 cm³/mol. The fourth-order valence-corrected chi connectivity index (χ4v) is 2.83. The van der Waals surface area contributed by atoms with Gasteiger partial charge in [0, 0.05) is 6.07 Å². The van der Waals surface area contributed by atoms with Gasteiger partial charge in [0.25, 0.3) is 0 Å². The molecule has 4 nitrogen and oxygen atoms in total. The molecule has 1 aromatic heterocycles. The summed E-state index contributed by atoms with van der Waals surface area (Å²) in [5.41, 5.74) is 0.489. The van der Waals surface area contributed by atoms with Crippen LogP contribution in [0.2, 0.25) is 0 Å². The highest BCUT2D eigenvalue weighted by Crippen LogP contribution is 2.19. The molecular weight excluding hydrogens is 326 g/mol. The minimum absolute atomic E-state index is 0.397. The molecule has 0 radical (unpaired) electrons. The van der Waals surface area contributed by atoms with Crippen molar-refractivity contribution in [3.05, 3.63) is 17.7 Å². The summed E-state index contributed by atoms with van der Waals surface area (Å²) < 4.78 is 11.4. The van der Waals surface area contributed by atoms with Gasteiger partial charge in [-0.25, -0.2) is 0 Å². The van der Waals surface area contributed by atoms with Gasteiger partial charge in [0.1, 0.15) is 0 Å². The number of unbranched alkanes of at least 4 members (excludes halogenated alkanes) is 10. The monoisotopic (exact) mass is 363 g/mol. The highest BCUT2D eigenvalue weighted by Gasteiger charge is 2.07. The van der Waals surface area contributed by atoms with Crippen molar-refractivity contribution in [1.82, 2.24) is 4.98 Å². The average Bonchev–Trinajstić information content (AvgIpc) is 2.66. The Morgan fingerprint density at radius 3 is 1.88 bits per heavy atom. The Morgan fingerprint density at radius 1 is 0.769 bits per heavy atom. The number of aromatic nitrogens is 1. The van der Waals surface area contributed by atoms with E-state index in [0.717, 1.165) is 25.5 Å². The molecule has 0 atom stereocenters. The van der Waals surface area contributed by atoms with Gasteiger partial charge in [-0.2, -0.15) is 4.98 Å². The molecule has 0 fully saturated rings. The topological polar surface area (TPSA) is 48.4 Å². The second-order valence-electron chi connectivity index (χ2n) is 6.89. The second kappa shape index (κ2) is 15.7. The van der Waals surface area contributed by atoms with Gasteiger partial charge in [-0.3, -0.25) is 4.79 Å². The number of pyridine rings is 1. The van der Waals surface area contributed by atoms with E-state index in [1.54, 1.807) is 12.1 Å². The van der Waals surface area contributed by atoms with E-state index in [-0.39, 0.29) is 0 Å². The number of aldehydes is 1. The number of ether oxygens (including phenoxy) is 2. The molecule has 26 heavy (non-hydrogen) atoms. The molecule has 0 aromatic carbocycles. The van der Waals surface area contributed by atoms with Gasteiger partial charge >= 0.3 is 0 Å². The summed E-state index contributed by atoms with van der Waals surface area (Å²) >= 11 is 0. The Kier molecular flexibility index (Phi) is 13.5. The standard InChI is InChI=1S/C22H37NO3/c1-3-5-7-9-11-13-17-25-21-16-15-20(19-24)22(23-21)26-18-14-12-10-8-6-4-2/h15-16,19H,3-14,17-18H2,1-2H3. The van der Waals surface area contributed by atoms with Gasteiger partial charge in [-0.1, -0.05) is 78.1 Å². The van der Waals surface area contributed by atoms with E-state index in [9.17, 15) is 4.79 Å². The number of hydrogen-bond donors (Lipinski definition) is 0. The molecule has 0 aliphatic rings. The third kappa shape index (κ3) is 10.4. The summed E-state index contributed by atoms with van der Waals surface area (Å²) in [6.07, 6.45) is 15.4. The van der Waals surface area contributed by atoms with Crippen LogP contribution in [-0.2, 0) is 0 Å². The molecule has 0 amide bonds. The molecule has 1 aromatic rings. The molecule has 1 heterocycles. The maximum atomic E-state index is 11.2. The number of carbonyl (C=O) groups is 1. The van der Waals surface area contributed by atoms with Gasteiger partial charge in [-0.05, 0) is 18.9 Å². The Hall–Kier alpha value is -1.58. The predicted octanol–water partition coefficient (Wildman–Crippen LogP) is 6.37. The van der Waals surface area contributed by atoms with E-state index in [0.29, 0.717) is 30.5 Å². The van der Waals surface area contributed by atoms with E-state index in [2.05, 4.69) is 18.8 Å². The van der Waals surface area contributed by atoms with Crippen LogP contribution in [0.1, 0.15) is 101 Å². The summed E-state index contributed by atoms with van der Waals surface area (Å²) in [6.45, 7) is 5.71. The first-order valence-corrected chi connectivity index (χ1v) is 10.5. The molecule has 0 N–H and O–H groups in total. The molecule has 0 aliphatic heterocycles. The summed E-state index contributed by atoms with van der Waals surface area (Å²) in [5, 5.41) is 0. The Balaban J connectivity index is 2.29. The van der Waals surface area contributed by atoms with Crippen molar-refractivity contribution in [2.24, 2.45) is 0 Å². The van der Waals surface area contributed by atoms with E-state index in [1.165, 1.54) is 57.8 Å². The normalized spacial score (nSPS) is 10.7. The summed E-state index contributed by atoms with van der Waals surface area (Å²) in [7, 11) is 0. The Bertz CT molecular complexity index is 476.